The zero-order chi connectivity index (χ0) is 29.1. The fraction of sp³-hybridized carbons (Fsp3) is 0.500. The van der Waals surface area contributed by atoms with Crippen molar-refractivity contribution in [3.8, 4) is 11.3 Å². The molecule has 41 heavy (non-hydrogen) atoms. The van der Waals surface area contributed by atoms with E-state index in [-0.39, 0.29) is 18.2 Å². The molecular formula is C30H39N7O4. The number of aromatic nitrogens is 4. The zero-order valence-corrected chi connectivity index (χ0v) is 24.2. The Morgan fingerprint density at radius 3 is 2.56 bits per heavy atom. The number of amides is 2. The van der Waals surface area contributed by atoms with E-state index in [1.807, 2.05) is 42.1 Å². The van der Waals surface area contributed by atoms with E-state index in [4.69, 9.17) is 14.8 Å². The van der Waals surface area contributed by atoms with E-state index in [1.54, 1.807) is 7.05 Å². The SMILES string of the molecule is CCCCNc1ncc2c(-c3ccc(C4NC(=O)N(C)C(CC)=C4C(=O)OC)cc3)nn([C@H]3CC[C@H](O)CC3)c2n1. The molecule has 1 aliphatic heterocycles. The number of aliphatic hydroxyl groups is 1. The molecule has 1 atom stereocenters. The van der Waals surface area contributed by atoms with Gasteiger partial charge in [0, 0.05) is 31.0 Å². The Balaban J connectivity index is 1.52. The molecule has 11 heteroatoms. The number of carbonyl (C=O) groups excluding carboxylic acids is 2. The number of anilines is 1. The number of carbonyl (C=O) groups is 2. The number of nitrogens with zero attached hydrogens (tertiary/aromatic N) is 5. The van der Waals surface area contributed by atoms with Gasteiger partial charge in [-0.25, -0.2) is 19.3 Å². The first-order valence-electron chi connectivity index (χ1n) is 14.5. The molecule has 0 saturated heterocycles. The normalized spacial score (nSPS) is 21.2. The minimum atomic E-state index is -0.627. The van der Waals surface area contributed by atoms with E-state index in [9.17, 15) is 14.7 Å². The summed E-state index contributed by atoms with van der Waals surface area (Å²) in [5.41, 5.74) is 4.24. The number of methoxy groups -OCH3 is 1. The van der Waals surface area contributed by atoms with Crippen LogP contribution in [0, 0.1) is 0 Å². The summed E-state index contributed by atoms with van der Waals surface area (Å²) in [6.07, 6.45) is 7.32. The van der Waals surface area contributed by atoms with Gasteiger partial charge in [0.25, 0.3) is 0 Å². The summed E-state index contributed by atoms with van der Waals surface area (Å²) in [4.78, 5) is 36.4. The molecule has 3 aromatic rings. The Morgan fingerprint density at radius 1 is 1.17 bits per heavy atom. The van der Waals surface area contributed by atoms with Crippen LogP contribution in [0.5, 0.6) is 0 Å². The van der Waals surface area contributed by atoms with Gasteiger partial charge in [0.2, 0.25) is 5.95 Å². The summed E-state index contributed by atoms with van der Waals surface area (Å²) >= 11 is 0. The lowest BCUT2D eigenvalue weighted by Crippen LogP contribution is -2.46. The van der Waals surface area contributed by atoms with Gasteiger partial charge in [0.15, 0.2) is 5.65 Å². The largest absolute Gasteiger partial charge is 0.466 e. The molecule has 1 fully saturated rings. The highest BCUT2D eigenvalue weighted by Gasteiger charge is 2.36. The maximum atomic E-state index is 12.8. The molecule has 0 spiro atoms. The van der Waals surface area contributed by atoms with Gasteiger partial charge in [-0.1, -0.05) is 44.5 Å². The van der Waals surface area contributed by atoms with Crippen molar-refractivity contribution in [2.24, 2.45) is 0 Å². The summed E-state index contributed by atoms with van der Waals surface area (Å²) in [7, 11) is 3.00. The Morgan fingerprint density at radius 2 is 1.90 bits per heavy atom. The number of urea groups is 1. The second-order valence-corrected chi connectivity index (χ2v) is 10.7. The van der Waals surface area contributed by atoms with E-state index in [1.165, 1.54) is 12.0 Å². The Hall–Kier alpha value is -3.99. The van der Waals surface area contributed by atoms with Crippen LogP contribution < -0.4 is 10.6 Å². The first kappa shape index (κ1) is 28.5. The van der Waals surface area contributed by atoms with Crippen LogP contribution in [0.2, 0.25) is 0 Å². The molecule has 1 aromatic carbocycles. The predicted molar refractivity (Wildman–Crippen MR) is 156 cm³/mol. The Kier molecular flexibility index (Phi) is 8.53. The van der Waals surface area contributed by atoms with Crippen LogP contribution in [0.25, 0.3) is 22.3 Å². The number of hydrogen-bond acceptors (Lipinski definition) is 8. The molecule has 1 unspecified atom stereocenters. The predicted octanol–water partition coefficient (Wildman–Crippen LogP) is 4.71. The van der Waals surface area contributed by atoms with Crippen molar-refractivity contribution >= 4 is 29.0 Å². The number of aliphatic hydroxyl groups excluding tert-OH is 1. The number of esters is 1. The summed E-state index contributed by atoms with van der Waals surface area (Å²) in [5.74, 6) is 0.113. The fourth-order valence-electron chi connectivity index (χ4n) is 5.78. The topological polar surface area (TPSA) is 135 Å². The van der Waals surface area contributed by atoms with E-state index in [0.29, 0.717) is 23.6 Å². The van der Waals surface area contributed by atoms with Crippen LogP contribution in [0.1, 0.15) is 76.4 Å². The quantitative estimate of drug-likeness (QED) is 0.253. The van der Waals surface area contributed by atoms with Crippen molar-refractivity contribution in [1.29, 1.82) is 0 Å². The fourth-order valence-corrected chi connectivity index (χ4v) is 5.78. The van der Waals surface area contributed by atoms with E-state index in [0.717, 1.165) is 72.9 Å². The molecule has 3 N–H and O–H groups in total. The average molecular weight is 562 g/mol. The molecule has 1 saturated carbocycles. The molecule has 2 aromatic heterocycles. The monoisotopic (exact) mass is 561 g/mol. The lowest BCUT2D eigenvalue weighted by Gasteiger charge is -2.34. The van der Waals surface area contributed by atoms with Gasteiger partial charge in [-0.2, -0.15) is 10.1 Å². The lowest BCUT2D eigenvalue weighted by molar-refractivity contribution is -0.136. The summed E-state index contributed by atoms with van der Waals surface area (Å²) < 4.78 is 7.08. The molecular weight excluding hydrogens is 522 g/mol. The third-order valence-corrected chi connectivity index (χ3v) is 8.11. The molecule has 5 rings (SSSR count). The maximum Gasteiger partial charge on any atom is 0.337 e. The number of unbranched alkanes of at least 4 members (excludes halogenated alkanes) is 1. The third kappa shape index (κ3) is 5.63. The number of rotatable bonds is 9. The second-order valence-electron chi connectivity index (χ2n) is 10.7. The first-order chi connectivity index (χ1) is 19.9. The average Bonchev–Trinajstić information content (AvgIpc) is 3.37. The number of benzene rings is 1. The van der Waals surface area contributed by atoms with Gasteiger partial charge in [-0.3, -0.25) is 0 Å². The van der Waals surface area contributed by atoms with Gasteiger partial charge in [-0.15, -0.1) is 0 Å². The number of ether oxygens (including phenoxy) is 1. The van der Waals surface area contributed by atoms with Crippen molar-refractivity contribution in [2.45, 2.75) is 77.0 Å². The highest BCUT2D eigenvalue weighted by molar-refractivity contribution is 5.95. The van der Waals surface area contributed by atoms with Gasteiger partial charge < -0.3 is 25.4 Å². The van der Waals surface area contributed by atoms with Gasteiger partial charge in [-0.05, 0) is 44.1 Å². The summed E-state index contributed by atoms with van der Waals surface area (Å²) in [5, 5.41) is 22.2. The van der Waals surface area contributed by atoms with Crippen LogP contribution >= 0.6 is 0 Å². The van der Waals surface area contributed by atoms with Crippen LogP contribution in [-0.2, 0) is 9.53 Å². The molecule has 2 aliphatic rings. The smallest absolute Gasteiger partial charge is 0.337 e. The van der Waals surface area contributed by atoms with Crippen molar-refractivity contribution in [3.05, 3.63) is 47.3 Å². The molecule has 0 radical (unpaired) electrons. The highest BCUT2D eigenvalue weighted by atomic mass is 16.5. The molecule has 11 nitrogen and oxygen atoms in total. The highest BCUT2D eigenvalue weighted by Crippen LogP contribution is 2.36. The second kappa shape index (κ2) is 12.3. The molecule has 1 aliphatic carbocycles. The maximum absolute atomic E-state index is 12.8. The lowest BCUT2D eigenvalue weighted by atomic mass is 9.93. The first-order valence-corrected chi connectivity index (χ1v) is 14.5. The molecule has 3 heterocycles. The van der Waals surface area contributed by atoms with Crippen molar-refractivity contribution in [1.82, 2.24) is 30.0 Å². The van der Waals surface area contributed by atoms with Gasteiger partial charge in [0.1, 0.15) is 5.69 Å². The number of fused-ring (bicyclic) bond motifs is 1. The minimum Gasteiger partial charge on any atom is -0.466 e. The van der Waals surface area contributed by atoms with Crippen molar-refractivity contribution in [3.63, 3.8) is 0 Å². The number of allylic oxidation sites excluding steroid dienone is 1. The van der Waals surface area contributed by atoms with Gasteiger partial charge >= 0.3 is 12.0 Å². The number of hydrogen-bond donors (Lipinski definition) is 3. The number of nitrogens with one attached hydrogen (secondary N) is 2. The summed E-state index contributed by atoms with van der Waals surface area (Å²) in [6, 6.07) is 6.96. The van der Waals surface area contributed by atoms with Crippen LogP contribution in [0.4, 0.5) is 10.7 Å². The van der Waals surface area contributed by atoms with Crippen molar-refractivity contribution in [2.75, 3.05) is 26.0 Å². The Labute approximate surface area is 240 Å². The third-order valence-electron chi connectivity index (χ3n) is 8.11. The van der Waals surface area contributed by atoms with E-state index >= 15 is 0 Å². The van der Waals surface area contributed by atoms with Crippen LogP contribution in [0.15, 0.2) is 41.7 Å². The molecule has 2 amide bonds. The van der Waals surface area contributed by atoms with E-state index in [2.05, 4.69) is 22.5 Å². The Bertz CT molecular complexity index is 1440. The standard InChI is InChI=1S/C30H39N7O4/c1-5-7-16-31-29-32-17-22-25(35-37(27(22)34-29)20-12-14-21(38)15-13-20)18-8-10-19(11-9-18)26-24(28(39)41-4)23(6-2)36(3)30(40)33-26/h8-11,17,20-21,26,38H,5-7,12-16H2,1-4H3,(H,33,40)(H,31,32,34)/t20-,21-,26?. The molecule has 0 bridgehead atoms. The minimum absolute atomic E-state index is 0.141. The van der Waals surface area contributed by atoms with Crippen LogP contribution in [-0.4, -0.2) is 68.6 Å². The summed E-state index contributed by atoms with van der Waals surface area (Å²) in [6.45, 7) is 4.86. The zero-order valence-electron chi connectivity index (χ0n) is 24.2. The van der Waals surface area contributed by atoms with Crippen LogP contribution in [0.3, 0.4) is 0 Å². The van der Waals surface area contributed by atoms with E-state index < -0.39 is 12.0 Å². The molecule has 218 valence electrons. The van der Waals surface area contributed by atoms with Gasteiger partial charge in [0.05, 0.1) is 36.3 Å². The van der Waals surface area contributed by atoms with Crippen molar-refractivity contribution < 1.29 is 19.4 Å².